The van der Waals surface area contributed by atoms with E-state index < -0.39 is 10.0 Å². The van der Waals surface area contributed by atoms with Gasteiger partial charge in [0.2, 0.25) is 10.0 Å². The Bertz CT molecular complexity index is 353. The molecule has 1 N–H and O–H groups in total. The minimum absolute atomic E-state index is 0.201. The van der Waals surface area contributed by atoms with Gasteiger partial charge in [0, 0.05) is 0 Å². The van der Waals surface area contributed by atoms with Crippen molar-refractivity contribution in [2.24, 2.45) is 0 Å². The van der Waals surface area contributed by atoms with E-state index in [9.17, 15) is 8.42 Å². The van der Waals surface area contributed by atoms with Gasteiger partial charge in [-0.3, -0.25) is 0 Å². The van der Waals surface area contributed by atoms with Gasteiger partial charge in [0.05, 0.1) is 5.75 Å². The van der Waals surface area contributed by atoms with Gasteiger partial charge in [-0.25, -0.2) is 8.42 Å². The lowest BCUT2D eigenvalue weighted by atomic mass is 10.2. The summed E-state index contributed by atoms with van der Waals surface area (Å²) in [4.78, 5) is 0. The first-order valence-electron chi connectivity index (χ1n) is 3.50. The highest BCUT2D eigenvalue weighted by Crippen LogP contribution is 2.05. The van der Waals surface area contributed by atoms with E-state index in [1.165, 1.54) is 0 Å². The van der Waals surface area contributed by atoms with Gasteiger partial charge in [0.15, 0.2) is 0 Å². The Morgan fingerprint density at radius 3 is 2.17 bits per heavy atom. The molecule has 0 spiro atoms. The van der Waals surface area contributed by atoms with Crippen LogP contribution in [-0.2, 0) is 15.8 Å². The number of aryl methyl sites for hydroxylation is 1. The van der Waals surface area contributed by atoms with Gasteiger partial charge >= 0.3 is 0 Å². The number of hydrogen-bond acceptors (Lipinski definition) is 2. The summed E-state index contributed by atoms with van der Waals surface area (Å²) in [6.45, 7) is 1.93. The fourth-order valence-corrected chi connectivity index (χ4v) is 1.54. The van der Waals surface area contributed by atoms with Crippen molar-refractivity contribution >= 4 is 10.0 Å². The van der Waals surface area contributed by atoms with Crippen LogP contribution in [0.5, 0.6) is 0 Å². The molecule has 0 heterocycles. The smallest absolute Gasteiger partial charge is 0.211 e. The first kappa shape index (κ1) is 9.22. The van der Waals surface area contributed by atoms with Crippen LogP contribution in [0.1, 0.15) is 11.1 Å². The zero-order valence-electron chi connectivity index (χ0n) is 6.74. The molecule has 0 fully saturated rings. The molecule has 1 aromatic carbocycles. The molecule has 4 heteroatoms. The molecular formula is C8H10NO2S. The largest absolute Gasteiger partial charge is 0.229 e. The Kier molecular flexibility index (Phi) is 2.49. The zero-order chi connectivity index (χ0) is 9.19. The number of benzene rings is 1. The molecule has 0 saturated carbocycles. The number of nitrogens with one attached hydrogen (secondary N) is 1. The summed E-state index contributed by atoms with van der Waals surface area (Å²) in [5.41, 5.74) is 1.75. The van der Waals surface area contributed by atoms with E-state index in [1.807, 2.05) is 19.1 Å². The Balaban J connectivity index is 2.85. The van der Waals surface area contributed by atoms with Crippen LogP contribution in [0.25, 0.3) is 0 Å². The van der Waals surface area contributed by atoms with Crippen LogP contribution in [0.15, 0.2) is 24.3 Å². The van der Waals surface area contributed by atoms with E-state index in [0.717, 1.165) is 5.56 Å². The zero-order valence-corrected chi connectivity index (χ0v) is 7.56. The van der Waals surface area contributed by atoms with Gasteiger partial charge in [0.25, 0.3) is 0 Å². The Morgan fingerprint density at radius 1 is 1.25 bits per heavy atom. The lowest BCUT2D eigenvalue weighted by Crippen LogP contribution is -2.03. The number of sulfonamides is 1. The van der Waals surface area contributed by atoms with Gasteiger partial charge in [-0.15, -0.1) is 5.14 Å². The maximum atomic E-state index is 10.6. The predicted octanol–water partition coefficient (Wildman–Crippen LogP) is 1.11. The second kappa shape index (κ2) is 3.25. The van der Waals surface area contributed by atoms with Crippen LogP contribution in [0.2, 0.25) is 0 Å². The SMILES string of the molecule is Cc1ccc(CS([NH])(=O)=O)cc1. The highest BCUT2D eigenvalue weighted by atomic mass is 32.2. The highest BCUT2D eigenvalue weighted by molar-refractivity contribution is 7.88. The molecule has 0 aliphatic carbocycles. The lowest BCUT2D eigenvalue weighted by molar-refractivity contribution is 0.595. The molecule has 1 radical (unpaired) electrons. The number of hydrogen-bond donors (Lipinski definition) is 0. The van der Waals surface area contributed by atoms with Crippen molar-refractivity contribution < 1.29 is 8.42 Å². The summed E-state index contributed by atoms with van der Waals surface area (Å²) in [5, 5.41) is 6.70. The van der Waals surface area contributed by atoms with E-state index in [1.54, 1.807) is 12.1 Å². The molecule has 3 nitrogen and oxygen atoms in total. The van der Waals surface area contributed by atoms with E-state index in [2.05, 4.69) is 0 Å². The molecule has 0 saturated heterocycles. The molecule has 1 rings (SSSR count). The molecule has 0 aliphatic rings. The first-order valence-corrected chi connectivity index (χ1v) is 5.15. The van der Waals surface area contributed by atoms with Crippen molar-refractivity contribution in [2.45, 2.75) is 12.7 Å². The summed E-state index contributed by atoms with van der Waals surface area (Å²) < 4.78 is 21.1. The molecule has 1 aromatic rings. The summed E-state index contributed by atoms with van der Waals surface area (Å²) in [7, 11) is -3.64. The highest BCUT2D eigenvalue weighted by Gasteiger charge is 2.04. The molecule has 0 amide bonds. The molecule has 0 unspecified atom stereocenters. The standard InChI is InChI=1S/C8H10NO2S/c1-7-2-4-8(5-3-7)6-12(9,10)11/h2-5,9H,6H2,1H3. The third-order valence-corrected chi connectivity index (χ3v) is 2.19. The Hall–Kier alpha value is -0.870. The maximum absolute atomic E-state index is 10.6. The maximum Gasteiger partial charge on any atom is 0.229 e. The van der Waals surface area contributed by atoms with Crippen LogP contribution >= 0.6 is 0 Å². The van der Waals surface area contributed by atoms with Gasteiger partial charge < -0.3 is 0 Å². The predicted molar refractivity (Wildman–Crippen MR) is 46.9 cm³/mol. The molecule has 0 atom stereocenters. The lowest BCUT2D eigenvalue weighted by Gasteiger charge is -1.98. The molecule has 12 heavy (non-hydrogen) atoms. The fraction of sp³-hybridized carbons (Fsp3) is 0.250. The fourth-order valence-electron chi connectivity index (χ4n) is 0.904. The summed E-state index contributed by atoms with van der Waals surface area (Å²) >= 11 is 0. The second-order valence-corrected chi connectivity index (χ2v) is 4.26. The van der Waals surface area contributed by atoms with Gasteiger partial charge in [0.1, 0.15) is 0 Å². The van der Waals surface area contributed by atoms with Gasteiger partial charge in [-0.05, 0) is 12.5 Å². The van der Waals surface area contributed by atoms with Crippen molar-refractivity contribution in [1.29, 1.82) is 0 Å². The molecule has 0 aromatic heterocycles. The third kappa shape index (κ3) is 3.02. The van der Waals surface area contributed by atoms with Crippen LogP contribution < -0.4 is 5.14 Å². The molecule has 0 aliphatic heterocycles. The average molecular weight is 184 g/mol. The Morgan fingerprint density at radius 2 is 1.75 bits per heavy atom. The average Bonchev–Trinajstić information content (AvgIpc) is 1.91. The minimum atomic E-state index is -3.64. The summed E-state index contributed by atoms with van der Waals surface area (Å²) in [6.07, 6.45) is 0. The normalized spacial score (nSPS) is 11.5. The van der Waals surface area contributed by atoms with E-state index in [4.69, 9.17) is 5.14 Å². The van der Waals surface area contributed by atoms with Crippen molar-refractivity contribution in [3.8, 4) is 0 Å². The minimum Gasteiger partial charge on any atom is -0.211 e. The quantitative estimate of drug-likeness (QED) is 0.691. The molecular weight excluding hydrogens is 174 g/mol. The molecule has 0 bridgehead atoms. The van der Waals surface area contributed by atoms with E-state index >= 15 is 0 Å². The summed E-state index contributed by atoms with van der Waals surface area (Å²) in [6, 6.07) is 7.11. The van der Waals surface area contributed by atoms with Crippen molar-refractivity contribution in [1.82, 2.24) is 5.14 Å². The van der Waals surface area contributed by atoms with Crippen LogP contribution in [-0.4, -0.2) is 8.42 Å². The summed E-state index contributed by atoms with van der Waals surface area (Å²) in [5.74, 6) is -0.201. The molecule has 65 valence electrons. The van der Waals surface area contributed by atoms with Gasteiger partial charge in [-0.2, -0.15) is 0 Å². The van der Waals surface area contributed by atoms with Gasteiger partial charge in [-0.1, -0.05) is 29.8 Å². The Labute approximate surface area is 72.3 Å². The van der Waals surface area contributed by atoms with Crippen molar-refractivity contribution in [3.05, 3.63) is 35.4 Å². The van der Waals surface area contributed by atoms with Crippen molar-refractivity contribution in [2.75, 3.05) is 0 Å². The topological polar surface area (TPSA) is 57.9 Å². The monoisotopic (exact) mass is 184 g/mol. The van der Waals surface area contributed by atoms with Crippen LogP contribution in [0.4, 0.5) is 0 Å². The van der Waals surface area contributed by atoms with Crippen molar-refractivity contribution in [3.63, 3.8) is 0 Å². The second-order valence-electron chi connectivity index (χ2n) is 2.74. The van der Waals surface area contributed by atoms with E-state index in [-0.39, 0.29) is 5.75 Å². The third-order valence-electron chi connectivity index (χ3n) is 1.48. The van der Waals surface area contributed by atoms with E-state index in [0.29, 0.717) is 5.56 Å². The first-order chi connectivity index (χ1) is 5.47. The van der Waals surface area contributed by atoms with Crippen LogP contribution in [0.3, 0.4) is 0 Å². The number of rotatable bonds is 2. The van der Waals surface area contributed by atoms with Crippen LogP contribution in [0, 0.1) is 6.92 Å².